The lowest BCUT2D eigenvalue weighted by Gasteiger charge is -2.20. The summed E-state index contributed by atoms with van der Waals surface area (Å²) < 4.78 is 5.48. The van der Waals surface area contributed by atoms with Crippen LogP contribution in [0.5, 0.6) is 0 Å². The summed E-state index contributed by atoms with van der Waals surface area (Å²) in [4.78, 5) is 24.5. The third-order valence-electron chi connectivity index (χ3n) is 13.2. The van der Waals surface area contributed by atoms with Crippen LogP contribution in [0.1, 0.15) is 303 Å². The highest BCUT2D eigenvalue weighted by molar-refractivity contribution is 5.76. The molecule has 1 amide bonds. The van der Waals surface area contributed by atoms with Gasteiger partial charge in [0.05, 0.1) is 25.4 Å². The van der Waals surface area contributed by atoms with Gasteiger partial charge in [0, 0.05) is 12.8 Å². The Kier molecular flexibility index (Phi) is 53.1. The Morgan fingerprint density at radius 3 is 1.18 bits per heavy atom. The van der Waals surface area contributed by atoms with E-state index in [-0.39, 0.29) is 18.5 Å². The fraction of sp³-hybridized carbons (Fsp3) is 0.864. The standard InChI is InChI=1S/C59H111NO5/c1-3-5-7-9-11-13-15-17-19-20-21-25-29-33-37-41-45-49-53-59(64)65-54-50-46-42-38-34-30-26-23-22-24-28-32-36-40-44-48-52-58(63)60-56(55-61)57(62)51-47-43-39-35-31-27-18-16-14-12-10-8-6-4-2/h13,15,19-20,47,51,56-57,61-62H,3-12,14,16-18,21-46,48-50,52-55H2,1-2H3,(H,60,63)/b15-13-,20-19-,51-47+. The van der Waals surface area contributed by atoms with Gasteiger partial charge in [0.25, 0.3) is 0 Å². The van der Waals surface area contributed by atoms with Crippen LogP contribution >= 0.6 is 0 Å². The maximum absolute atomic E-state index is 12.4. The minimum absolute atomic E-state index is 0.00535. The molecule has 0 spiro atoms. The second-order valence-electron chi connectivity index (χ2n) is 19.6. The van der Waals surface area contributed by atoms with Gasteiger partial charge in [-0.15, -0.1) is 0 Å². The minimum Gasteiger partial charge on any atom is -0.466 e. The van der Waals surface area contributed by atoms with Gasteiger partial charge in [0.1, 0.15) is 0 Å². The molecule has 0 aliphatic carbocycles. The van der Waals surface area contributed by atoms with Crippen molar-refractivity contribution >= 4 is 11.9 Å². The van der Waals surface area contributed by atoms with Crippen LogP contribution in [-0.2, 0) is 14.3 Å². The topological polar surface area (TPSA) is 95.9 Å². The smallest absolute Gasteiger partial charge is 0.305 e. The SMILES string of the molecule is CCCCCC/C=C\C/C=C\CCCCCCCCCC(=O)OCCCCCCCCCCCCCCCCCCC(=O)NC(CO)C(O)/C=C/CCCCCCCCCCCCCC. The number of allylic oxidation sites excluding steroid dienone is 5. The van der Waals surface area contributed by atoms with E-state index in [1.165, 1.54) is 218 Å². The summed E-state index contributed by atoms with van der Waals surface area (Å²) in [6.45, 7) is 4.87. The molecule has 2 atom stereocenters. The molecule has 0 aromatic carbocycles. The fourth-order valence-electron chi connectivity index (χ4n) is 8.72. The third kappa shape index (κ3) is 51.3. The van der Waals surface area contributed by atoms with E-state index in [9.17, 15) is 19.8 Å². The van der Waals surface area contributed by atoms with E-state index in [1.807, 2.05) is 6.08 Å². The summed E-state index contributed by atoms with van der Waals surface area (Å²) in [5, 5.41) is 23.1. The Balaban J connectivity index is 3.44. The molecule has 2 unspecified atom stereocenters. The highest BCUT2D eigenvalue weighted by Gasteiger charge is 2.18. The van der Waals surface area contributed by atoms with E-state index in [1.54, 1.807) is 6.08 Å². The van der Waals surface area contributed by atoms with Gasteiger partial charge in [-0.2, -0.15) is 0 Å². The van der Waals surface area contributed by atoms with Gasteiger partial charge < -0.3 is 20.3 Å². The Hall–Kier alpha value is -1.92. The summed E-state index contributed by atoms with van der Waals surface area (Å²) in [6, 6.07) is -0.633. The molecule has 0 fully saturated rings. The molecule has 3 N–H and O–H groups in total. The van der Waals surface area contributed by atoms with Gasteiger partial charge in [-0.3, -0.25) is 9.59 Å². The highest BCUT2D eigenvalue weighted by atomic mass is 16.5. The van der Waals surface area contributed by atoms with E-state index in [4.69, 9.17) is 4.74 Å². The second-order valence-corrected chi connectivity index (χ2v) is 19.6. The number of hydrogen-bond donors (Lipinski definition) is 3. The maximum Gasteiger partial charge on any atom is 0.305 e. The number of ether oxygens (including phenoxy) is 1. The zero-order valence-corrected chi connectivity index (χ0v) is 43.5. The number of aliphatic hydroxyl groups is 2. The van der Waals surface area contributed by atoms with Crippen molar-refractivity contribution in [1.82, 2.24) is 5.32 Å². The Labute approximate surface area is 404 Å². The van der Waals surface area contributed by atoms with Gasteiger partial charge in [-0.05, 0) is 64.2 Å². The molecule has 6 heteroatoms. The zero-order valence-electron chi connectivity index (χ0n) is 43.5. The average molecular weight is 915 g/mol. The predicted octanol–water partition coefficient (Wildman–Crippen LogP) is 17.6. The van der Waals surface area contributed by atoms with Crippen LogP contribution in [0.15, 0.2) is 36.5 Å². The molecule has 0 radical (unpaired) electrons. The van der Waals surface area contributed by atoms with Crippen molar-refractivity contribution in [2.75, 3.05) is 13.2 Å². The molecule has 0 rings (SSSR count). The number of rotatable bonds is 53. The molecule has 0 heterocycles. The predicted molar refractivity (Wildman–Crippen MR) is 283 cm³/mol. The van der Waals surface area contributed by atoms with Crippen LogP contribution in [0.3, 0.4) is 0 Å². The first kappa shape index (κ1) is 63.1. The van der Waals surface area contributed by atoms with Gasteiger partial charge >= 0.3 is 5.97 Å². The molecule has 0 bridgehead atoms. The first-order chi connectivity index (χ1) is 32.0. The molecule has 6 nitrogen and oxygen atoms in total. The molecule has 0 aliphatic heterocycles. The van der Waals surface area contributed by atoms with Crippen molar-refractivity contribution in [3.63, 3.8) is 0 Å². The molecule has 382 valence electrons. The molecule has 0 saturated heterocycles. The lowest BCUT2D eigenvalue weighted by molar-refractivity contribution is -0.143. The lowest BCUT2D eigenvalue weighted by atomic mass is 10.0. The van der Waals surface area contributed by atoms with Crippen molar-refractivity contribution in [2.24, 2.45) is 0 Å². The zero-order chi connectivity index (χ0) is 47.2. The third-order valence-corrected chi connectivity index (χ3v) is 13.2. The highest BCUT2D eigenvalue weighted by Crippen LogP contribution is 2.16. The largest absolute Gasteiger partial charge is 0.466 e. The number of hydrogen-bond acceptors (Lipinski definition) is 5. The normalized spacial score (nSPS) is 12.9. The van der Waals surface area contributed by atoms with Crippen LogP contribution in [0.25, 0.3) is 0 Å². The number of unbranched alkanes of at least 4 members (excludes halogenated alkanes) is 38. The molecule has 0 saturated carbocycles. The maximum atomic E-state index is 12.4. The van der Waals surface area contributed by atoms with Crippen LogP contribution in [0.2, 0.25) is 0 Å². The van der Waals surface area contributed by atoms with Crippen LogP contribution < -0.4 is 5.32 Å². The summed E-state index contributed by atoms with van der Waals surface area (Å²) in [7, 11) is 0. The number of carbonyl (C=O) groups excluding carboxylic acids is 2. The summed E-state index contributed by atoms with van der Waals surface area (Å²) in [6.07, 6.45) is 67.3. The van der Waals surface area contributed by atoms with Gasteiger partial charge in [0.2, 0.25) is 5.91 Å². The van der Waals surface area contributed by atoms with Gasteiger partial charge in [-0.1, -0.05) is 262 Å². The van der Waals surface area contributed by atoms with Crippen molar-refractivity contribution in [1.29, 1.82) is 0 Å². The van der Waals surface area contributed by atoms with E-state index in [2.05, 4.69) is 43.5 Å². The summed E-state index contributed by atoms with van der Waals surface area (Å²) in [5.74, 6) is -0.0802. The van der Waals surface area contributed by atoms with Gasteiger partial charge in [-0.25, -0.2) is 0 Å². The first-order valence-electron chi connectivity index (χ1n) is 28.8. The molecule has 0 aromatic rings. The first-order valence-corrected chi connectivity index (χ1v) is 28.8. The van der Waals surface area contributed by atoms with E-state index < -0.39 is 12.1 Å². The van der Waals surface area contributed by atoms with Crippen molar-refractivity contribution in [3.8, 4) is 0 Å². The Morgan fingerprint density at radius 1 is 0.431 bits per heavy atom. The second kappa shape index (κ2) is 54.7. The molecule has 65 heavy (non-hydrogen) atoms. The summed E-state index contributed by atoms with van der Waals surface area (Å²) in [5.41, 5.74) is 0. The number of aliphatic hydroxyl groups excluding tert-OH is 2. The van der Waals surface area contributed by atoms with Crippen molar-refractivity contribution in [2.45, 2.75) is 315 Å². The van der Waals surface area contributed by atoms with E-state index in [0.717, 1.165) is 57.8 Å². The number of esters is 1. The van der Waals surface area contributed by atoms with Crippen LogP contribution in [0.4, 0.5) is 0 Å². The summed E-state index contributed by atoms with van der Waals surface area (Å²) >= 11 is 0. The Bertz CT molecular complexity index is 1060. The van der Waals surface area contributed by atoms with Crippen LogP contribution in [0, 0.1) is 0 Å². The molecular formula is C59H111NO5. The van der Waals surface area contributed by atoms with E-state index in [0.29, 0.717) is 19.4 Å². The fourth-order valence-corrected chi connectivity index (χ4v) is 8.72. The lowest BCUT2D eigenvalue weighted by Crippen LogP contribution is -2.45. The Morgan fingerprint density at radius 2 is 0.769 bits per heavy atom. The van der Waals surface area contributed by atoms with Crippen molar-refractivity contribution < 1.29 is 24.5 Å². The quantitative estimate of drug-likeness (QED) is 0.0321. The molecular weight excluding hydrogens is 803 g/mol. The molecule has 0 aromatic heterocycles. The minimum atomic E-state index is -0.849. The van der Waals surface area contributed by atoms with Crippen LogP contribution in [-0.4, -0.2) is 47.4 Å². The average Bonchev–Trinajstić information content (AvgIpc) is 3.31. The molecule has 0 aliphatic rings. The number of nitrogens with one attached hydrogen (secondary N) is 1. The van der Waals surface area contributed by atoms with Crippen molar-refractivity contribution in [3.05, 3.63) is 36.5 Å². The monoisotopic (exact) mass is 914 g/mol. The number of amides is 1. The number of carbonyl (C=O) groups is 2. The van der Waals surface area contributed by atoms with Gasteiger partial charge in [0.15, 0.2) is 0 Å². The van der Waals surface area contributed by atoms with E-state index >= 15 is 0 Å².